The van der Waals surface area contributed by atoms with Gasteiger partial charge in [-0.25, -0.2) is 4.39 Å². The first-order valence-electron chi connectivity index (χ1n) is 11.2. The largest absolute Gasteiger partial charge is 0.416 e. The Balaban J connectivity index is 1.62. The summed E-state index contributed by atoms with van der Waals surface area (Å²) in [6.07, 6.45) is -1.58. The SMILES string of the molecule is C[C@H](NC(=O)c1ccc2c(c1)c1nn(C)cc1c(=O)n2-c1ccc(C(F)(F)F)cc1)c1ncccc1F. The molecule has 1 N–H and O–H groups in total. The molecular formula is C26H19F4N5O2. The van der Waals surface area contributed by atoms with Crippen molar-refractivity contribution in [1.29, 1.82) is 0 Å². The second-order valence-electron chi connectivity index (χ2n) is 8.55. The van der Waals surface area contributed by atoms with Crippen LogP contribution in [0.5, 0.6) is 0 Å². The summed E-state index contributed by atoms with van der Waals surface area (Å²) in [7, 11) is 1.63. The number of carbonyl (C=O) groups is 1. The zero-order valence-corrected chi connectivity index (χ0v) is 19.5. The second-order valence-corrected chi connectivity index (χ2v) is 8.55. The van der Waals surface area contributed by atoms with Crippen molar-refractivity contribution in [2.24, 2.45) is 7.05 Å². The number of halogens is 4. The van der Waals surface area contributed by atoms with Gasteiger partial charge >= 0.3 is 6.18 Å². The van der Waals surface area contributed by atoms with Crippen LogP contribution in [0.25, 0.3) is 27.5 Å². The zero-order chi connectivity index (χ0) is 26.5. The molecule has 5 rings (SSSR count). The summed E-state index contributed by atoms with van der Waals surface area (Å²) < 4.78 is 56.0. The summed E-state index contributed by atoms with van der Waals surface area (Å²) in [5.74, 6) is -1.06. The van der Waals surface area contributed by atoms with Gasteiger partial charge in [-0.15, -0.1) is 0 Å². The molecule has 0 aliphatic carbocycles. The molecule has 0 unspecified atom stereocenters. The van der Waals surface area contributed by atoms with Crippen LogP contribution in [0.2, 0.25) is 0 Å². The number of hydrogen-bond acceptors (Lipinski definition) is 4. The van der Waals surface area contributed by atoms with Gasteiger partial charge in [0.1, 0.15) is 11.3 Å². The number of amides is 1. The zero-order valence-electron chi connectivity index (χ0n) is 19.5. The lowest BCUT2D eigenvalue weighted by atomic mass is 10.1. The molecule has 0 saturated heterocycles. The van der Waals surface area contributed by atoms with Crippen molar-refractivity contribution in [3.8, 4) is 5.69 Å². The molecule has 188 valence electrons. The van der Waals surface area contributed by atoms with Crippen molar-refractivity contribution in [1.82, 2.24) is 24.6 Å². The Kier molecular flexibility index (Phi) is 5.77. The predicted molar refractivity (Wildman–Crippen MR) is 129 cm³/mol. The molecule has 0 spiro atoms. The first kappa shape index (κ1) is 24.2. The van der Waals surface area contributed by atoms with Crippen molar-refractivity contribution in [2.45, 2.75) is 19.1 Å². The van der Waals surface area contributed by atoms with Crippen LogP contribution in [0.3, 0.4) is 0 Å². The van der Waals surface area contributed by atoms with E-state index in [4.69, 9.17) is 0 Å². The lowest BCUT2D eigenvalue weighted by molar-refractivity contribution is -0.137. The summed E-state index contributed by atoms with van der Waals surface area (Å²) in [4.78, 5) is 30.4. The highest BCUT2D eigenvalue weighted by Crippen LogP contribution is 2.31. The molecule has 37 heavy (non-hydrogen) atoms. The molecule has 0 aliphatic rings. The molecule has 1 amide bonds. The number of aromatic nitrogens is 4. The van der Waals surface area contributed by atoms with Gasteiger partial charge < -0.3 is 5.32 Å². The van der Waals surface area contributed by atoms with Gasteiger partial charge in [0, 0.05) is 36.1 Å². The molecule has 0 bridgehead atoms. The van der Waals surface area contributed by atoms with E-state index in [1.165, 1.54) is 58.0 Å². The standard InChI is InChI=1S/C26H19F4N5O2/c1-14(22-20(27)4-3-11-31-22)32-24(36)15-5-10-21-18(12-15)23-19(13-34(2)33-23)25(37)35(21)17-8-6-16(7-9-17)26(28,29)30/h3-14H,1-2H3,(H,32,36)/t14-/m0/s1. The van der Waals surface area contributed by atoms with Gasteiger partial charge in [-0.1, -0.05) is 0 Å². The number of fused-ring (bicyclic) bond motifs is 3. The summed E-state index contributed by atoms with van der Waals surface area (Å²) in [5.41, 5.74) is -0.0777. The molecule has 3 aromatic heterocycles. The number of aryl methyl sites for hydroxylation is 1. The highest BCUT2D eigenvalue weighted by Gasteiger charge is 2.30. The molecule has 3 heterocycles. The molecule has 1 atom stereocenters. The molecule has 2 aromatic carbocycles. The third kappa shape index (κ3) is 4.32. The van der Waals surface area contributed by atoms with Crippen LogP contribution in [-0.2, 0) is 13.2 Å². The third-order valence-electron chi connectivity index (χ3n) is 6.01. The van der Waals surface area contributed by atoms with Crippen molar-refractivity contribution >= 4 is 27.7 Å². The minimum Gasteiger partial charge on any atom is -0.344 e. The van der Waals surface area contributed by atoms with Gasteiger partial charge in [-0.3, -0.25) is 23.8 Å². The summed E-state index contributed by atoms with van der Waals surface area (Å²) >= 11 is 0. The maximum absolute atomic E-state index is 14.1. The van der Waals surface area contributed by atoms with Crippen LogP contribution in [0.15, 0.2) is 71.8 Å². The minimum absolute atomic E-state index is 0.0832. The van der Waals surface area contributed by atoms with Gasteiger partial charge in [0.2, 0.25) is 0 Å². The van der Waals surface area contributed by atoms with Gasteiger partial charge in [-0.05, 0) is 61.5 Å². The maximum atomic E-state index is 14.1. The van der Waals surface area contributed by atoms with Crippen LogP contribution in [-0.4, -0.2) is 25.2 Å². The Bertz CT molecular complexity index is 1720. The Morgan fingerprint density at radius 3 is 2.46 bits per heavy atom. The highest BCUT2D eigenvalue weighted by molar-refractivity contribution is 6.07. The number of benzene rings is 2. The first-order chi connectivity index (χ1) is 17.5. The van der Waals surface area contributed by atoms with E-state index in [1.54, 1.807) is 20.0 Å². The molecule has 0 radical (unpaired) electrons. The van der Waals surface area contributed by atoms with E-state index in [1.807, 2.05) is 0 Å². The predicted octanol–water partition coefficient (Wildman–Crippen LogP) is 4.92. The molecule has 0 fully saturated rings. The number of nitrogens with one attached hydrogen (secondary N) is 1. The van der Waals surface area contributed by atoms with E-state index >= 15 is 0 Å². The average molecular weight is 509 g/mol. The quantitative estimate of drug-likeness (QED) is 0.349. The fourth-order valence-electron chi connectivity index (χ4n) is 4.26. The maximum Gasteiger partial charge on any atom is 0.416 e. The number of carbonyl (C=O) groups excluding carboxylic acids is 1. The van der Waals surface area contributed by atoms with Gasteiger partial charge in [0.15, 0.2) is 0 Å². The van der Waals surface area contributed by atoms with Gasteiger partial charge in [0.25, 0.3) is 11.5 Å². The monoisotopic (exact) mass is 509 g/mol. The molecular weight excluding hydrogens is 490 g/mol. The van der Waals surface area contributed by atoms with Crippen molar-refractivity contribution in [3.05, 3.63) is 100.0 Å². The number of rotatable bonds is 4. The van der Waals surface area contributed by atoms with Gasteiger partial charge in [0.05, 0.1) is 28.2 Å². The summed E-state index contributed by atoms with van der Waals surface area (Å²) in [6.45, 7) is 1.60. The lowest BCUT2D eigenvalue weighted by Crippen LogP contribution is -2.28. The van der Waals surface area contributed by atoms with Crippen molar-refractivity contribution in [2.75, 3.05) is 0 Å². The van der Waals surface area contributed by atoms with E-state index in [-0.39, 0.29) is 22.3 Å². The van der Waals surface area contributed by atoms with Crippen molar-refractivity contribution in [3.63, 3.8) is 0 Å². The van der Waals surface area contributed by atoms with E-state index in [2.05, 4.69) is 15.4 Å². The third-order valence-corrected chi connectivity index (χ3v) is 6.01. The smallest absolute Gasteiger partial charge is 0.344 e. The van der Waals surface area contributed by atoms with Crippen LogP contribution >= 0.6 is 0 Å². The van der Waals surface area contributed by atoms with E-state index in [0.717, 1.165) is 12.1 Å². The number of pyridine rings is 2. The topological polar surface area (TPSA) is 81.8 Å². The molecule has 0 aliphatic heterocycles. The summed E-state index contributed by atoms with van der Waals surface area (Å²) in [6, 6.07) is 10.8. The molecule has 5 aromatic rings. The fourth-order valence-corrected chi connectivity index (χ4v) is 4.26. The van der Waals surface area contributed by atoms with E-state index in [0.29, 0.717) is 16.4 Å². The molecule has 7 nitrogen and oxygen atoms in total. The van der Waals surface area contributed by atoms with Crippen LogP contribution in [0.4, 0.5) is 17.6 Å². The number of nitrogens with zero attached hydrogens (tertiary/aromatic N) is 4. The fraction of sp³-hybridized carbons (Fsp3) is 0.154. The van der Waals surface area contributed by atoms with Crippen LogP contribution in [0, 0.1) is 5.82 Å². The number of hydrogen-bond donors (Lipinski definition) is 1. The molecule has 0 saturated carbocycles. The molecule has 11 heteroatoms. The van der Waals surface area contributed by atoms with Gasteiger partial charge in [-0.2, -0.15) is 18.3 Å². The first-order valence-corrected chi connectivity index (χ1v) is 11.2. The Morgan fingerprint density at radius 2 is 1.78 bits per heavy atom. The number of alkyl halides is 3. The van der Waals surface area contributed by atoms with E-state index < -0.39 is 35.1 Å². The Labute approximate surface area is 207 Å². The van der Waals surface area contributed by atoms with Crippen LogP contribution < -0.4 is 10.9 Å². The van der Waals surface area contributed by atoms with E-state index in [9.17, 15) is 27.2 Å². The Morgan fingerprint density at radius 1 is 1.05 bits per heavy atom. The van der Waals surface area contributed by atoms with Crippen LogP contribution in [0.1, 0.15) is 34.6 Å². The lowest BCUT2D eigenvalue weighted by Gasteiger charge is -2.16. The minimum atomic E-state index is -4.52. The Hall–Kier alpha value is -4.54. The van der Waals surface area contributed by atoms with Crippen molar-refractivity contribution < 1.29 is 22.4 Å². The summed E-state index contributed by atoms with van der Waals surface area (Å²) in [5, 5.41) is 7.75. The average Bonchev–Trinajstić information content (AvgIpc) is 3.26. The normalized spacial score (nSPS) is 12.7. The highest BCUT2D eigenvalue weighted by atomic mass is 19.4. The second kappa shape index (κ2) is 8.84.